The molecule has 1 amide bonds. The SMILES string of the molecule is CSc1cccc(NC(=O)c2c(C)sc3c4c([nH]c23)CCCCC4)c1. The molecular weight excluding hydrogens is 348 g/mol. The lowest BCUT2D eigenvalue weighted by molar-refractivity contribution is 0.102. The monoisotopic (exact) mass is 370 g/mol. The van der Waals surface area contributed by atoms with Crippen LogP contribution in [0.2, 0.25) is 0 Å². The molecule has 3 nitrogen and oxygen atoms in total. The highest BCUT2D eigenvalue weighted by Crippen LogP contribution is 2.37. The normalized spacial score (nSPS) is 14.3. The van der Waals surface area contributed by atoms with Crippen LogP contribution in [0, 0.1) is 6.92 Å². The van der Waals surface area contributed by atoms with Crippen molar-refractivity contribution in [1.29, 1.82) is 0 Å². The summed E-state index contributed by atoms with van der Waals surface area (Å²) in [5.41, 5.74) is 5.49. The van der Waals surface area contributed by atoms with Gasteiger partial charge in [-0.05, 0) is 62.6 Å². The van der Waals surface area contributed by atoms with Gasteiger partial charge in [-0.1, -0.05) is 12.5 Å². The summed E-state index contributed by atoms with van der Waals surface area (Å²) in [5.74, 6) is -0.0154. The summed E-state index contributed by atoms with van der Waals surface area (Å²) < 4.78 is 1.29. The first kappa shape index (κ1) is 16.7. The summed E-state index contributed by atoms with van der Waals surface area (Å²) in [4.78, 5) is 18.8. The number of aromatic nitrogens is 1. The van der Waals surface area contributed by atoms with Crippen molar-refractivity contribution in [2.45, 2.75) is 43.9 Å². The number of H-pyrrole nitrogens is 1. The van der Waals surface area contributed by atoms with E-state index >= 15 is 0 Å². The summed E-state index contributed by atoms with van der Waals surface area (Å²) in [5, 5.41) is 3.08. The minimum absolute atomic E-state index is 0.0154. The highest BCUT2D eigenvalue weighted by Gasteiger charge is 2.23. The Labute approximate surface area is 156 Å². The van der Waals surface area contributed by atoms with E-state index in [2.05, 4.69) is 23.3 Å². The molecular formula is C20H22N2OS2. The molecule has 0 fully saturated rings. The highest BCUT2D eigenvalue weighted by molar-refractivity contribution is 7.98. The summed E-state index contributed by atoms with van der Waals surface area (Å²) in [6.45, 7) is 2.05. The highest BCUT2D eigenvalue weighted by atomic mass is 32.2. The molecule has 1 aliphatic carbocycles. The smallest absolute Gasteiger partial charge is 0.258 e. The van der Waals surface area contributed by atoms with E-state index in [1.165, 1.54) is 35.2 Å². The van der Waals surface area contributed by atoms with Gasteiger partial charge in [0.05, 0.1) is 15.8 Å². The minimum Gasteiger partial charge on any atom is -0.357 e. The second kappa shape index (κ2) is 6.89. The van der Waals surface area contributed by atoms with Crippen LogP contribution in [0.25, 0.3) is 10.2 Å². The van der Waals surface area contributed by atoms with Crippen molar-refractivity contribution in [3.63, 3.8) is 0 Å². The Morgan fingerprint density at radius 1 is 1.24 bits per heavy atom. The molecule has 0 unspecified atom stereocenters. The molecule has 3 aromatic rings. The molecule has 0 bridgehead atoms. The number of amides is 1. The van der Waals surface area contributed by atoms with E-state index in [0.29, 0.717) is 0 Å². The number of rotatable bonds is 3. The lowest BCUT2D eigenvalue weighted by atomic mass is 10.1. The van der Waals surface area contributed by atoms with Gasteiger partial charge in [0.15, 0.2) is 0 Å². The van der Waals surface area contributed by atoms with Crippen molar-refractivity contribution in [1.82, 2.24) is 4.98 Å². The molecule has 1 aromatic carbocycles. The molecule has 2 aromatic heterocycles. The molecule has 0 saturated heterocycles. The lowest BCUT2D eigenvalue weighted by Gasteiger charge is -2.06. The van der Waals surface area contributed by atoms with Gasteiger partial charge in [0.2, 0.25) is 0 Å². The van der Waals surface area contributed by atoms with Crippen molar-refractivity contribution in [2.24, 2.45) is 0 Å². The summed E-state index contributed by atoms with van der Waals surface area (Å²) in [6.07, 6.45) is 8.06. The van der Waals surface area contributed by atoms with Crippen molar-refractivity contribution in [2.75, 3.05) is 11.6 Å². The molecule has 2 N–H and O–H groups in total. The van der Waals surface area contributed by atoms with E-state index in [9.17, 15) is 4.79 Å². The number of aromatic amines is 1. The summed E-state index contributed by atoms with van der Waals surface area (Å²) in [7, 11) is 0. The molecule has 130 valence electrons. The minimum atomic E-state index is -0.0154. The predicted octanol–water partition coefficient (Wildman–Crippen LogP) is 5.78. The second-order valence-corrected chi connectivity index (χ2v) is 8.67. The number of thioether (sulfide) groups is 1. The van der Waals surface area contributed by atoms with Gasteiger partial charge in [-0.3, -0.25) is 4.79 Å². The van der Waals surface area contributed by atoms with Gasteiger partial charge < -0.3 is 10.3 Å². The number of thiophene rings is 1. The first-order valence-corrected chi connectivity index (χ1v) is 10.8. The fourth-order valence-electron chi connectivity index (χ4n) is 3.67. The summed E-state index contributed by atoms with van der Waals surface area (Å²) >= 11 is 3.44. The molecule has 2 heterocycles. The third kappa shape index (κ3) is 3.11. The number of anilines is 1. The number of benzene rings is 1. The van der Waals surface area contributed by atoms with E-state index in [4.69, 9.17) is 0 Å². The van der Waals surface area contributed by atoms with Gasteiger partial charge in [-0.2, -0.15) is 0 Å². The van der Waals surface area contributed by atoms with Gasteiger partial charge in [-0.25, -0.2) is 0 Å². The van der Waals surface area contributed by atoms with Crippen LogP contribution in [0.5, 0.6) is 0 Å². The number of carbonyl (C=O) groups excluding carboxylic acids is 1. The zero-order valence-corrected chi connectivity index (χ0v) is 16.2. The van der Waals surface area contributed by atoms with E-state index < -0.39 is 0 Å². The largest absolute Gasteiger partial charge is 0.357 e. The Morgan fingerprint density at radius 2 is 2.08 bits per heavy atom. The number of carbonyl (C=O) groups is 1. The molecule has 1 aliphatic rings. The molecule has 0 radical (unpaired) electrons. The zero-order chi connectivity index (χ0) is 17.4. The first-order valence-electron chi connectivity index (χ1n) is 8.75. The van der Waals surface area contributed by atoms with Gasteiger partial charge in [0.1, 0.15) is 0 Å². The zero-order valence-electron chi connectivity index (χ0n) is 14.6. The molecule has 4 rings (SSSR count). The van der Waals surface area contributed by atoms with Crippen LogP contribution in [-0.4, -0.2) is 17.1 Å². The van der Waals surface area contributed by atoms with E-state index in [1.807, 2.05) is 24.5 Å². The number of hydrogen-bond acceptors (Lipinski definition) is 3. The predicted molar refractivity (Wildman–Crippen MR) is 108 cm³/mol. The molecule has 25 heavy (non-hydrogen) atoms. The topological polar surface area (TPSA) is 44.9 Å². The number of nitrogens with one attached hydrogen (secondary N) is 2. The Hall–Kier alpha value is -1.72. The Morgan fingerprint density at radius 3 is 2.92 bits per heavy atom. The first-order chi connectivity index (χ1) is 12.2. The maximum absolute atomic E-state index is 13.0. The van der Waals surface area contributed by atoms with Gasteiger partial charge in [0.25, 0.3) is 5.91 Å². The van der Waals surface area contributed by atoms with Crippen LogP contribution in [-0.2, 0) is 12.8 Å². The van der Waals surface area contributed by atoms with Crippen molar-refractivity contribution in [3.8, 4) is 0 Å². The Balaban J connectivity index is 1.70. The fraction of sp³-hybridized carbons (Fsp3) is 0.350. The average molecular weight is 371 g/mol. The van der Waals surface area contributed by atoms with Crippen LogP contribution in [0.3, 0.4) is 0 Å². The standard InChI is InChI=1S/C20H22N2OS2/c1-12-17(20(23)21-13-7-6-8-14(11-13)24-2)18-19(25-12)15-9-4-3-5-10-16(15)22-18/h6-8,11,22H,3-5,9-10H2,1-2H3,(H,21,23). The quantitative estimate of drug-likeness (QED) is 0.453. The second-order valence-electron chi connectivity index (χ2n) is 6.57. The average Bonchev–Trinajstić information content (AvgIpc) is 2.98. The van der Waals surface area contributed by atoms with E-state index in [-0.39, 0.29) is 5.91 Å². The van der Waals surface area contributed by atoms with Crippen molar-refractivity contribution < 1.29 is 4.79 Å². The Kier molecular flexibility index (Phi) is 4.61. The Bertz CT molecular complexity index is 939. The molecule has 0 aliphatic heterocycles. The summed E-state index contributed by atoms with van der Waals surface area (Å²) in [6, 6.07) is 8.00. The molecule has 0 atom stereocenters. The van der Waals surface area contributed by atoms with E-state index in [1.54, 1.807) is 23.1 Å². The number of aryl methyl sites for hydroxylation is 3. The van der Waals surface area contributed by atoms with Gasteiger partial charge in [0, 0.05) is 21.2 Å². The van der Waals surface area contributed by atoms with Crippen LogP contribution < -0.4 is 5.32 Å². The van der Waals surface area contributed by atoms with Crippen LogP contribution in [0.4, 0.5) is 5.69 Å². The molecule has 0 spiro atoms. The van der Waals surface area contributed by atoms with Crippen LogP contribution in [0.15, 0.2) is 29.2 Å². The number of fused-ring (bicyclic) bond motifs is 3. The van der Waals surface area contributed by atoms with Gasteiger partial charge >= 0.3 is 0 Å². The molecule has 0 saturated carbocycles. The molecule has 5 heteroatoms. The van der Waals surface area contributed by atoms with Crippen LogP contribution in [0.1, 0.15) is 45.8 Å². The van der Waals surface area contributed by atoms with Crippen molar-refractivity contribution >= 4 is 44.9 Å². The lowest BCUT2D eigenvalue weighted by Crippen LogP contribution is -2.12. The van der Waals surface area contributed by atoms with Gasteiger partial charge in [-0.15, -0.1) is 23.1 Å². The number of hydrogen-bond donors (Lipinski definition) is 2. The van der Waals surface area contributed by atoms with Crippen molar-refractivity contribution in [3.05, 3.63) is 46.0 Å². The maximum Gasteiger partial charge on any atom is 0.258 e. The fourth-order valence-corrected chi connectivity index (χ4v) is 5.33. The third-order valence-corrected chi connectivity index (χ3v) is 6.80. The van der Waals surface area contributed by atoms with Crippen LogP contribution >= 0.6 is 23.1 Å². The van der Waals surface area contributed by atoms with E-state index in [0.717, 1.165) is 39.4 Å². The maximum atomic E-state index is 13.0. The third-order valence-electron chi connectivity index (χ3n) is 4.91.